The highest BCUT2D eigenvalue weighted by Gasteiger charge is 2.08. The van der Waals surface area contributed by atoms with Gasteiger partial charge >= 0.3 is 0 Å². The van der Waals surface area contributed by atoms with Crippen LogP contribution in [0, 0.1) is 6.92 Å². The molecule has 0 aromatic heterocycles. The van der Waals surface area contributed by atoms with Gasteiger partial charge in [-0.25, -0.2) is 0 Å². The Balaban J connectivity index is 2.78. The summed E-state index contributed by atoms with van der Waals surface area (Å²) in [6.07, 6.45) is 0.919. The van der Waals surface area contributed by atoms with Crippen molar-refractivity contribution in [2.45, 2.75) is 33.2 Å². The molecule has 1 N–H and O–H groups in total. The first-order valence-electron chi connectivity index (χ1n) is 4.97. The predicted molar refractivity (Wildman–Crippen MR) is 58.0 cm³/mol. The third-order valence-electron chi connectivity index (χ3n) is 2.27. The second kappa shape index (κ2) is 4.80. The quantitative estimate of drug-likeness (QED) is 0.781. The number of benzene rings is 1. The van der Waals surface area contributed by atoms with Crippen molar-refractivity contribution >= 4 is 5.91 Å². The zero-order valence-corrected chi connectivity index (χ0v) is 9.00. The molecule has 0 spiro atoms. The number of nitrogens with one attached hydrogen (secondary N) is 1. The number of aryl methyl sites for hydroxylation is 1. The molecule has 2 nitrogen and oxygen atoms in total. The Labute approximate surface area is 85.3 Å². The summed E-state index contributed by atoms with van der Waals surface area (Å²) in [6, 6.07) is 8.42. The maximum Gasteiger partial charge on any atom is 0.217 e. The first-order valence-corrected chi connectivity index (χ1v) is 4.97. The van der Waals surface area contributed by atoms with Crippen LogP contribution in [0.4, 0.5) is 0 Å². The fourth-order valence-corrected chi connectivity index (χ4v) is 1.47. The van der Waals surface area contributed by atoms with E-state index in [-0.39, 0.29) is 11.9 Å². The fraction of sp³-hybridized carbons (Fsp3) is 0.417. The zero-order valence-electron chi connectivity index (χ0n) is 9.00. The lowest BCUT2D eigenvalue weighted by Gasteiger charge is -2.16. The average Bonchev–Trinajstić information content (AvgIpc) is 2.15. The molecule has 2 heteroatoms. The van der Waals surface area contributed by atoms with E-state index < -0.39 is 0 Å². The van der Waals surface area contributed by atoms with Gasteiger partial charge in [-0.05, 0) is 18.9 Å². The molecule has 1 atom stereocenters. The summed E-state index contributed by atoms with van der Waals surface area (Å²) in [5.41, 5.74) is 2.42. The number of rotatable bonds is 3. The summed E-state index contributed by atoms with van der Waals surface area (Å²) >= 11 is 0. The van der Waals surface area contributed by atoms with Crippen LogP contribution in [0.2, 0.25) is 0 Å². The van der Waals surface area contributed by atoms with Crippen LogP contribution in [0.3, 0.4) is 0 Å². The van der Waals surface area contributed by atoms with Crippen LogP contribution in [0.1, 0.15) is 37.4 Å². The third-order valence-corrected chi connectivity index (χ3v) is 2.27. The summed E-state index contributed by atoms with van der Waals surface area (Å²) in [7, 11) is 0. The van der Waals surface area contributed by atoms with E-state index in [1.54, 1.807) is 6.92 Å². The molecular weight excluding hydrogens is 174 g/mol. The molecule has 0 aliphatic carbocycles. The molecule has 0 heterocycles. The smallest absolute Gasteiger partial charge is 0.217 e. The summed E-state index contributed by atoms with van der Waals surface area (Å²) in [6.45, 7) is 5.68. The molecule has 1 amide bonds. The van der Waals surface area contributed by atoms with Gasteiger partial charge in [0.15, 0.2) is 0 Å². The van der Waals surface area contributed by atoms with Crippen LogP contribution in [0.25, 0.3) is 0 Å². The Kier molecular flexibility index (Phi) is 3.69. The van der Waals surface area contributed by atoms with Crippen LogP contribution in [0.5, 0.6) is 0 Å². The minimum Gasteiger partial charge on any atom is -0.350 e. The largest absolute Gasteiger partial charge is 0.350 e. The first-order chi connectivity index (χ1) is 6.63. The highest BCUT2D eigenvalue weighted by molar-refractivity contribution is 5.73. The molecule has 76 valence electrons. The lowest BCUT2D eigenvalue weighted by molar-refractivity contribution is -0.119. The van der Waals surface area contributed by atoms with Crippen molar-refractivity contribution in [3.05, 3.63) is 35.4 Å². The highest BCUT2D eigenvalue weighted by Crippen LogP contribution is 2.16. The molecule has 1 rings (SSSR count). The van der Waals surface area contributed by atoms with Gasteiger partial charge in [0.2, 0.25) is 5.91 Å². The highest BCUT2D eigenvalue weighted by atomic mass is 16.1. The van der Waals surface area contributed by atoms with Gasteiger partial charge < -0.3 is 5.32 Å². The van der Waals surface area contributed by atoms with E-state index in [4.69, 9.17) is 0 Å². The summed E-state index contributed by atoms with van der Waals surface area (Å²) < 4.78 is 0. The van der Waals surface area contributed by atoms with Crippen molar-refractivity contribution in [3.8, 4) is 0 Å². The Bertz CT molecular complexity index is 303. The maximum atomic E-state index is 10.9. The number of carbonyl (C=O) groups is 1. The summed E-state index contributed by atoms with van der Waals surface area (Å²) in [5.74, 6) is 0.0254. The molecule has 0 radical (unpaired) electrons. The predicted octanol–water partition coefficient (Wildman–Crippen LogP) is 2.58. The van der Waals surface area contributed by atoms with Crippen LogP contribution in [-0.2, 0) is 4.79 Å². The molecule has 0 aliphatic rings. The van der Waals surface area contributed by atoms with E-state index in [2.05, 4.69) is 43.4 Å². The van der Waals surface area contributed by atoms with Gasteiger partial charge in [0.1, 0.15) is 0 Å². The molecule has 14 heavy (non-hydrogen) atoms. The number of carbonyl (C=O) groups excluding carboxylic acids is 1. The Morgan fingerprint density at radius 3 is 2.36 bits per heavy atom. The zero-order chi connectivity index (χ0) is 10.6. The minimum absolute atomic E-state index is 0.0254. The fourth-order valence-electron chi connectivity index (χ4n) is 1.47. The van der Waals surface area contributed by atoms with Crippen molar-refractivity contribution in [2.24, 2.45) is 0 Å². The van der Waals surface area contributed by atoms with Gasteiger partial charge in [0, 0.05) is 6.92 Å². The van der Waals surface area contributed by atoms with Gasteiger partial charge in [-0.15, -0.1) is 0 Å². The second-order valence-electron chi connectivity index (χ2n) is 3.57. The van der Waals surface area contributed by atoms with E-state index in [9.17, 15) is 4.79 Å². The first kappa shape index (κ1) is 10.8. The van der Waals surface area contributed by atoms with Crippen LogP contribution < -0.4 is 5.32 Å². The van der Waals surface area contributed by atoms with E-state index in [0.717, 1.165) is 6.42 Å². The van der Waals surface area contributed by atoms with Crippen molar-refractivity contribution in [1.29, 1.82) is 0 Å². The summed E-state index contributed by atoms with van der Waals surface area (Å²) in [5, 5.41) is 2.93. The maximum absolute atomic E-state index is 10.9. The van der Waals surface area contributed by atoms with Gasteiger partial charge in [-0.2, -0.15) is 0 Å². The second-order valence-corrected chi connectivity index (χ2v) is 3.57. The van der Waals surface area contributed by atoms with Crippen LogP contribution in [-0.4, -0.2) is 5.91 Å². The van der Waals surface area contributed by atoms with Crippen LogP contribution >= 0.6 is 0 Å². The van der Waals surface area contributed by atoms with Crippen molar-refractivity contribution in [2.75, 3.05) is 0 Å². The van der Waals surface area contributed by atoms with Gasteiger partial charge in [0.05, 0.1) is 6.04 Å². The van der Waals surface area contributed by atoms with Crippen molar-refractivity contribution in [3.63, 3.8) is 0 Å². The molecular formula is C12H17NO. The molecule has 1 aromatic carbocycles. The molecule has 0 fully saturated rings. The topological polar surface area (TPSA) is 29.1 Å². The molecule has 0 saturated heterocycles. The summed E-state index contributed by atoms with van der Waals surface area (Å²) in [4.78, 5) is 10.9. The lowest BCUT2D eigenvalue weighted by atomic mass is 10.0. The lowest BCUT2D eigenvalue weighted by Crippen LogP contribution is -2.25. The van der Waals surface area contributed by atoms with Crippen LogP contribution in [0.15, 0.2) is 24.3 Å². The van der Waals surface area contributed by atoms with E-state index in [0.29, 0.717) is 0 Å². The van der Waals surface area contributed by atoms with E-state index in [1.165, 1.54) is 11.1 Å². The average molecular weight is 191 g/mol. The van der Waals surface area contributed by atoms with Gasteiger partial charge in [-0.3, -0.25) is 4.79 Å². The van der Waals surface area contributed by atoms with E-state index in [1.807, 2.05) is 0 Å². The SMILES string of the molecule is CC[C@@H](NC(C)=O)c1ccc(C)cc1. The van der Waals surface area contributed by atoms with Gasteiger partial charge in [0.25, 0.3) is 0 Å². The molecule has 0 aliphatic heterocycles. The third kappa shape index (κ3) is 2.87. The molecule has 1 aromatic rings. The minimum atomic E-state index is 0.0254. The monoisotopic (exact) mass is 191 g/mol. The Morgan fingerprint density at radius 1 is 1.36 bits per heavy atom. The number of hydrogen-bond donors (Lipinski definition) is 1. The molecule has 0 bridgehead atoms. The standard InChI is InChI=1S/C12H17NO/c1-4-12(13-10(3)14)11-7-5-9(2)6-8-11/h5-8,12H,4H2,1-3H3,(H,13,14)/t12-/m1/s1. The van der Waals surface area contributed by atoms with Crippen molar-refractivity contribution < 1.29 is 4.79 Å². The number of amides is 1. The molecule has 0 unspecified atom stereocenters. The van der Waals surface area contributed by atoms with E-state index >= 15 is 0 Å². The van der Waals surface area contributed by atoms with Gasteiger partial charge in [-0.1, -0.05) is 36.8 Å². The van der Waals surface area contributed by atoms with Crippen molar-refractivity contribution in [1.82, 2.24) is 5.32 Å². The Morgan fingerprint density at radius 2 is 1.93 bits per heavy atom. The normalized spacial score (nSPS) is 12.2. The number of hydrogen-bond acceptors (Lipinski definition) is 1. The molecule has 0 saturated carbocycles. The Hall–Kier alpha value is -1.31.